The molecule has 4 nitrogen and oxygen atoms in total. The molecule has 0 aliphatic carbocycles. The van der Waals surface area contributed by atoms with Gasteiger partial charge >= 0.3 is 0 Å². The Hall–Kier alpha value is -2.54. The van der Waals surface area contributed by atoms with Crippen molar-refractivity contribution in [2.75, 3.05) is 14.1 Å². The maximum Gasteiger partial charge on any atom is 0.254 e. The maximum atomic E-state index is 11.9. The number of amides is 1. The van der Waals surface area contributed by atoms with E-state index in [2.05, 4.69) is 6.07 Å². The number of nitrogens with zero attached hydrogens (tertiary/aromatic N) is 3. The standard InChI is InChI=1S/C14H13N3O/c1-16(2)14(18)13-6-5-12(9-11(13)10-15)17-7-3-4-8-17/h3-9H,1-2H3. The third-order valence-corrected chi connectivity index (χ3v) is 2.66. The second-order valence-electron chi connectivity index (χ2n) is 4.13. The fourth-order valence-corrected chi connectivity index (χ4v) is 1.72. The molecule has 1 aromatic carbocycles. The van der Waals surface area contributed by atoms with E-state index >= 15 is 0 Å². The average Bonchev–Trinajstić information content (AvgIpc) is 2.90. The van der Waals surface area contributed by atoms with E-state index in [1.54, 1.807) is 26.2 Å². The van der Waals surface area contributed by atoms with Gasteiger partial charge in [0.25, 0.3) is 5.91 Å². The minimum atomic E-state index is -0.161. The largest absolute Gasteiger partial charge is 0.345 e. The Balaban J connectivity index is 2.48. The molecule has 90 valence electrons. The molecule has 0 aliphatic heterocycles. The summed E-state index contributed by atoms with van der Waals surface area (Å²) in [5.41, 5.74) is 1.69. The summed E-state index contributed by atoms with van der Waals surface area (Å²) in [6, 6.07) is 11.1. The number of carbonyl (C=O) groups is 1. The van der Waals surface area contributed by atoms with Crippen LogP contribution in [0.3, 0.4) is 0 Å². The maximum absolute atomic E-state index is 11.9. The molecule has 0 fully saturated rings. The number of hydrogen-bond donors (Lipinski definition) is 0. The summed E-state index contributed by atoms with van der Waals surface area (Å²) in [5, 5.41) is 9.14. The lowest BCUT2D eigenvalue weighted by molar-refractivity contribution is 0.0827. The molecular weight excluding hydrogens is 226 g/mol. The van der Waals surface area contributed by atoms with Gasteiger partial charge in [0.2, 0.25) is 0 Å². The zero-order valence-electron chi connectivity index (χ0n) is 10.3. The van der Waals surface area contributed by atoms with E-state index in [0.717, 1.165) is 5.69 Å². The van der Waals surface area contributed by atoms with Crippen molar-refractivity contribution in [3.8, 4) is 11.8 Å². The van der Waals surface area contributed by atoms with Crippen LogP contribution in [0.5, 0.6) is 0 Å². The predicted molar refractivity (Wildman–Crippen MR) is 68.5 cm³/mol. The Kier molecular flexibility index (Phi) is 3.16. The first-order valence-electron chi connectivity index (χ1n) is 5.52. The molecule has 0 unspecified atom stereocenters. The molecule has 0 saturated heterocycles. The molecule has 0 N–H and O–H groups in total. The summed E-state index contributed by atoms with van der Waals surface area (Å²) in [5.74, 6) is -0.161. The van der Waals surface area contributed by atoms with Gasteiger partial charge in [0.15, 0.2) is 0 Å². The average molecular weight is 239 g/mol. The Labute approximate surface area is 106 Å². The zero-order valence-corrected chi connectivity index (χ0v) is 10.3. The highest BCUT2D eigenvalue weighted by molar-refractivity contribution is 5.96. The number of nitriles is 1. The van der Waals surface area contributed by atoms with Crippen LogP contribution in [0, 0.1) is 11.3 Å². The van der Waals surface area contributed by atoms with Gasteiger partial charge in [-0.15, -0.1) is 0 Å². The van der Waals surface area contributed by atoms with E-state index in [9.17, 15) is 4.79 Å². The van der Waals surface area contributed by atoms with Crippen LogP contribution >= 0.6 is 0 Å². The minimum absolute atomic E-state index is 0.161. The van der Waals surface area contributed by atoms with Gasteiger partial charge in [-0.25, -0.2) is 0 Å². The van der Waals surface area contributed by atoms with Crippen LogP contribution < -0.4 is 0 Å². The molecule has 0 spiro atoms. The van der Waals surface area contributed by atoms with Crippen molar-refractivity contribution in [1.29, 1.82) is 5.26 Å². The van der Waals surface area contributed by atoms with Crippen LogP contribution in [-0.4, -0.2) is 29.5 Å². The summed E-state index contributed by atoms with van der Waals surface area (Å²) in [4.78, 5) is 13.4. The second kappa shape index (κ2) is 4.76. The lowest BCUT2D eigenvalue weighted by Crippen LogP contribution is -2.22. The van der Waals surface area contributed by atoms with Crippen LogP contribution in [-0.2, 0) is 0 Å². The fraction of sp³-hybridized carbons (Fsp3) is 0.143. The number of carbonyl (C=O) groups excluding carboxylic acids is 1. The van der Waals surface area contributed by atoms with Gasteiger partial charge in [0, 0.05) is 32.2 Å². The highest BCUT2D eigenvalue weighted by Gasteiger charge is 2.13. The molecule has 2 rings (SSSR count). The third-order valence-electron chi connectivity index (χ3n) is 2.66. The van der Waals surface area contributed by atoms with Crippen molar-refractivity contribution in [3.05, 3.63) is 53.9 Å². The monoisotopic (exact) mass is 239 g/mol. The van der Waals surface area contributed by atoms with Crippen LogP contribution in [0.1, 0.15) is 15.9 Å². The third kappa shape index (κ3) is 2.11. The molecule has 18 heavy (non-hydrogen) atoms. The lowest BCUT2D eigenvalue weighted by Gasteiger charge is -2.12. The first kappa shape index (κ1) is 11.9. The van der Waals surface area contributed by atoms with Crippen molar-refractivity contribution >= 4 is 5.91 Å². The summed E-state index contributed by atoms with van der Waals surface area (Å²) in [6.45, 7) is 0. The molecule has 0 bridgehead atoms. The lowest BCUT2D eigenvalue weighted by atomic mass is 10.1. The molecule has 4 heteroatoms. The number of aromatic nitrogens is 1. The van der Waals surface area contributed by atoms with Gasteiger partial charge in [0.05, 0.1) is 11.1 Å². The molecule has 2 aromatic rings. The van der Waals surface area contributed by atoms with Gasteiger partial charge in [-0.1, -0.05) is 0 Å². The van der Waals surface area contributed by atoms with Crippen LogP contribution in [0.4, 0.5) is 0 Å². The van der Waals surface area contributed by atoms with E-state index in [4.69, 9.17) is 5.26 Å². The zero-order chi connectivity index (χ0) is 13.1. The molecular formula is C14H13N3O. The van der Waals surface area contributed by atoms with E-state index in [-0.39, 0.29) is 5.91 Å². The Morgan fingerprint density at radius 3 is 2.50 bits per heavy atom. The normalized spacial score (nSPS) is 9.83. The number of benzene rings is 1. The summed E-state index contributed by atoms with van der Waals surface area (Å²) in [6.07, 6.45) is 3.79. The van der Waals surface area contributed by atoms with Gasteiger partial charge in [-0.2, -0.15) is 5.26 Å². The fourth-order valence-electron chi connectivity index (χ4n) is 1.72. The number of hydrogen-bond acceptors (Lipinski definition) is 2. The molecule has 0 atom stereocenters. The van der Waals surface area contributed by atoms with Crippen molar-refractivity contribution in [2.45, 2.75) is 0 Å². The van der Waals surface area contributed by atoms with E-state index < -0.39 is 0 Å². The van der Waals surface area contributed by atoms with Gasteiger partial charge in [0.1, 0.15) is 6.07 Å². The first-order chi connectivity index (χ1) is 8.63. The molecule has 1 amide bonds. The number of rotatable bonds is 2. The Morgan fingerprint density at radius 2 is 1.94 bits per heavy atom. The summed E-state index contributed by atoms with van der Waals surface area (Å²) < 4.78 is 1.89. The van der Waals surface area contributed by atoms with Crippen molar-refractivity contribution in [3.63, 3.8) is 0 Å². The highest BCUT2D eigenvalue weighted by Crippen LogP contribution is 2.16. The molecule has 0 saturated carbocycles. The SMILES string of the molecule is CN(C)C(=O)c1ccc(-n2cccc2)cc1C#N. The van der Waals surface area contributed by atoms with E-state index in [1.165, 1.54) is 4.90 Å². The Bertz CT molecular complexity index is 606. The van der Waals surface area contributed by atoms with Crippen molar-refractivity contribution < 1.29 is 4.79 Å². The topological polar surface area (TPSA) is 49.0 Å². The molecule has 0 aliphatic rings. The first-order valence-corrected chi connectivity index (χ1v) is 5.52. The van der Waals surface area contributed by atoms with Gasteiger partial charge in [-0.05, 0) is 30.3 Å². The van der Waals surface area contributed by atoms with Crippen molar-refractivity contribution in [2.24, 2.45) is 0 Å². The van der Waals surface area contributed by atoms with Crippen LogP contribution in [0.2, 0.25) is 0 Å². The smallest absolute Gasteiger partial charge is 0.254 e. The summed E-state index contributed by atoms with van der Waals surface area (Å²) in [7, 11) is 3.34. The molecule has 1 heterocycles. The highest BCUT2D eigenvalue weighted by atomic mass is 16.2. The Morgan fingerprint density at radius 1 is 1.28 bits per heavy atom. The van der Waals surface area contributed by atoms with Crippen LogP contribution in [0.15, 0.2) is 42.7 Å². The van der Waals surface area contributed by atoms with Crippen LogP contribution in [0.25, 0.3) is 5.69 Å². The minimum Gasteiger partial charge on any atom is -0.345 e. The van der Waals surface area contributed by atoms with Gasteiger partial charge < -0.3 is 9.47 Å². The van der Waals surface area contributed by atoms with E-state index in [1.807, 2.05) is 35.2 Å². The second-order valence-corrected chi connectivity index (χ2v) is 4.13. The van der Waals surface area contributed by atoms with E-state index in [0.29, 0.717) is 11.1 Å². The molecule has 0 radical (unpaired) electrons. The predicted octanol–water partition coefficient (Wildman–Crippen LogP) is 2.05. The van der Waals surface area contributed by atoms with Gasteiger partial charge in [-0.3, -0.25) is 4.79 Å². The quantitative estimate of drug-likeness (QED) is 0.805. The summed E-state index contributed by atoms with van der Waals surface area (Å²) >= 11 is 0. The molecule has 1 aromatic heterocycles. The van der Waals surface area contributed by atoms with Crippen molar-refractivity contribution in [1.82, 2.24) is 9.47 Å².